The van der Waals surface area contributed by atoms with Gasteiger partial charge >= 0.3 is 0 Å². The Kier molecular flexibility index (Phi) is 9.48. The summed E-state index contributed by atoms with van der Waals surface area (Å²) in [7, 11) is 0. The largest absolute Gasteiger partial charge is 0.261 e. The van der Waals surface area contributed by atoms with Crippen molar-refractivity contribution >= 4 is 50.7 Å². The van der Waals surface area contributed by atoms with Crippen LogP contribution in [0.1, 0.15) is 27.8 Å². The van der Waals surface area contributed by atoms with Crippen molar-refractivity contribution in [3.63, 3.8) is 0 Å². The van der Waals surface area contributed by atoms with Crippen molar-refractivity contribution in [2.45, 2.75) is 13.0 Å². The summed E-state index contributed by atoms with van der Waals surface area (Å²) in [6.45, 7) is 4.28. The average Bonchev–Trinajstić information content (AvgIpc) is 3.72. The minimum Gasteiger partial charge on any atom is -0.261 e. The van der Waals surface area contributed by atoms with Crippen LogP contribution in [0.5, 0.6) is 0 Å². The molecule has 0 spiro atoms. The second-order valence-electron chi connectivity index (χ2n) is 16.0. The smallest absolute Gasteiger partial charge is 0.161 e. The molecule has 0 amide bonds. The van der Waals surface area contributed by atoms with Crippen LogP contribution in [0.2, 0.25) is 0 Å². The van der Waals surface area contributed by atoms with E-state index in [4.69, 9.17) is 9.98 Å². The third kappa shape index (κ3) is 6.90. The summed E-state index contributed by atoms with van der Waals surface area (Å²) < 4.78 is 0. The van der Waals surface area contributed by atoms with Gasteiger partial charge in [0, 0.05) is 11.1 Å². The molecule has 0 N–H and O–H groups in total. The van der Waals surface area contributed by atoms with Crippen LogP contribution in [0.25, 0.3) is 76.8 Å². The van der Waals surface area contributed by atoms with Crippen LogP contribution >= 0.6 is 0 Å². The van der Waals surface area contributed by atoms with E-state index in [0.29, 0.717) is 18.2 Å². The lowest BCUT2D eigenvalue weighted by Gasteiger charge is -2.13. The van der Waals surface area contributed by atoms with Gasteiger partial charge in [-0.1, -0.05) is 200 Å². The molecule has 0 bridgehead atoms. The first-order chi connectivity index (χ1) is 30.7. The van der Waals surface area contributed by atoms with Crippen molar-refractivity contribution in [1.29, 1.82) is 0 Å². The molecule has 1 aliphatic carbocycles. The van der Waals surface area contributed by atoms with E-state index in [1.165, 1.54) is 88.0 Å². The third-order valence-electron chi connectivity index (χ3n) is 12.3. The second-order valence-corrected chi connectivity index (χ2v) is 16.0. The van der Waals surface area contributed by atoms with Crippen LogP contribution in [0.3, 0.4) is 0 Å². The van der Waals surface area contributed by atoms with Gasteiger partial charge in [0.2, 0.25) is 0 Å². The maximum absolute atomic E-state index is 4.97. The molecule has 0 aromatic heterocycles. The zero-order valence-corrected chi connectivity index (χ0v) is 34.2. The average molecular weight is 792 g/mol. The molecule has 0 unspecified atom stereocenters. The minimum atomic E-state index is 0.495. The Hall–Kier alpha value is -8.01. The first-order valence-electron chi connectivity index (χ1n) is 21.2. The molecule has 0 saturated heterocycles. The van der Waals surface area contributed by atoms with E-state index >= 15 is 0 Å². The molecule has 0 radical (unpaired) electrons. The summed E-state index contributed by atoms with van der Waals surface area (Å²) >= 11 is 0. The van der Waals surface area contributed by atoms with Gasteiger partial charge < -0.3 is 0 Å². The van der Waals surface area contributed by atoms with Gasteiger partial charge in [-0.05, 0) is 119 Å². The number of aliphatic imine (C=N–C) groups is 3. The van der Waals surface area contributed by atoms with Crippen molar-refractivity contribution in [2.24, 2.45) is 15.0 Å². The zero-order chi connectivity index (χ0) is 41.4. The summed E-state index contributed by atoms with van der Waals surface area (Å²) in [6.07, 6.45) is 0.915. The Morgan fingerprint density at radius 1 is 0.371 bits per heavy atom. The molecule has 1 aliphatic rings. The SMILES string of the molecule is C=NC(=NC(=NCc1ccc(-c2ccc3c(c2)Cc2cc(-c4cccc(-c5ccc6c7ccccc7c7ccccc7c6c5)c4)ccc2-3)cc1)c1ccccc1)c1ccccc1. The van der Waals surface area contributed by atoms with Crippen molar-refractivity contribution in [3.05, 3.63) is 240 Å². The predicted molar refractivity (Wildman–Crippen MR) is 263 cm³/mol. The van der Waals surface area contributed by atoms with E-state index < -0.39 is 0 Å². The van der Waals surface area contributed by atoms with Crippen molar-refractivity contribution in [2.75, 3.05) is 0 Å². The standard InChI is InChI=1S/C59H41N3/c1-60-58(41-13-4-2-5-14-41)62-59(42-15-6-3-7-16-42)61-38-39-23-25-40(26-24-39)45-27-30-50-48(34-45)36-49-35-46(28-31-51(49)50)43-17-12-18-44(33-43)47-29-32-56-54-21-9-8-19-52(54)53-20-10-11-22-55(53)57(56)37-47/h2-35,37H,1,36,38H2. The van der Waals surface area contributed by atoms with Gasteiger partial charge in [-0.25, -0.2) is 9.98 Å². The molecular formula is C59H41N3. The van der Waals surface area contributed by atoms with Gasteiger partial charge in [0.1, 0.15) is 0 Å². The monoisotopic (exact) mass is 791 g/mol. The maximum atomic E-state index is 4.97. The van der Waals surface area contributed by atoms with Crippen LogP contribution in [0.4, 0.5) is 0 Å². The Balaban J connectivity index is 0.835. The molecule has 0 fully saturated rings. The topological polar surface area (TPSA) is 37.1 Å². The van der Waals surface area contributed by atoms with Gasteiger partial charge in [0.25, 0.3) is 0 Å². The van der Waals surface area contributed by atoms with Crippen LogP contribution in [0, 0.1) is 0 Å². The van der Waals surface area contributed by atoms with Crippen LogP contribution in [-0.4, -0.2) is 18.4 Å². The Labute approximate surface area is 361 Å². The zero-order valence-electron chi connectivity index (χ0n) is 34.2. The van der Waals surface area contributed by atoms with E-state index in [2.05, 4.69) is 163 Å². The van der Waals surface area contributed by atoms with Crippen molar-refractivity contribution in [1.82, 2.24) is 0 Å². The number of hydrogen-bond donors (Lipinski definition) is 0. The Morgan fingerprint density at radius 2 is 0.823 bits per heavy atom. The number of fused-ring (bicyclic) bond motifs is 9. The molecule has 3 heteroatoms. The first kappa shape index (κ1) is 37.0. The lowest BCUT2D eigenvalue weighted by Crippen LogP contribution is -2.05. The quantitative estimate of drug-likeness (QED) is 0.0876. The van der Waals surface area contributed by atoms with E-state index in [-0.39, 0.29) is 0 Å². The highest BCUT2D eigenvalue weighted by molar-refractivity contribution is 6.25. The molecule has 3 nitrogen and oxygen atoms in total. The molecule has 0 saturated carbocycles. The summed E-state index contributed by atoms with van der Waals surface area (Å²) in [4.78, 5) is 14.1. The fourth-order valence-electron chi connectivity index (χ4n) is 9.16. The first-order valence-corrected chi connectivity index (χ1v) is 21.2. The summed E-state index contributed by atoms with van der Waals surface area (Å²) in [5, 5.41) is 7.78. The van der Waals surface area contributed by atoms with E-state index in [1.807, 2.05) is 60.7 Å². The number of amidine groups is 2. The summed E-state index contributed by atoms with van der Waals surface area (Å²) in [5.41, 5.74) is 15.7. The minimum absolute atomic E-state index is 0.495. The normalized spacial score (nSPS) is 12.5. The molecule has 11 rings (SSSR count). The number of hydrogen-bond acceptors (Lipinski definition) is 1. The van der Waals surface area contributed by atoms with E-state index in [0.717, 1.165) is 23.1 Å². The predicted octanol–water partition coefficient (Wildman–Crippen LogP) is 14.8. The third-order valence-corrected chi connectivity index (χ3v) is 12.3. The lowest BCUT2D eigenvalue weighted by atomic mass is 9.91. The molecule has 10 aromatic carbocycles. The van der Waals surface area contributed by atoms with Gasteiger partial charge in [0.05, 0.1) is 6.54 Å². The van der Waals surface area contributed by atoms with Gasteiger partial charge in [-0.15, -0.1) is 0 Å². The molecule has 0 heterocycles. The number of rotatable bonds is 7. The van der Waals surface area contributed by atoms with Crippen LogP contribution < -0.4 is 0 Å². The molecule has 292 valence electrons. The van der Waals surface area contributed by atoms with Crippen molar-refractivity contribution < 1.29 is 0 Å². The van der Waals surface area contributed by atoms with Crippen LogP contribution in [0.15, 0.2) is 227 Å². The Bertz CT molecular complexity index is 3360. The number of benzene rings is 10. The van der Waals surface area contributed by atoms with Gasteiger partial charge in [-0.3, -0.25) is 4.99 Å². The van der Waals surface area contributed by atoms with E-state index in [1.54, 1.807) is 0 Å². The molecular weight excluding hydrogens is 751 g/mol. The molecule has 62 heavy (non-hydrogen) atoms. The highest BCUT2D eigenvalue weighted by atomic mass is 15.0. The van der Waals surface area contributed by atoms with Gasteiger partial charge in [-0.2, -0.15) is 0 Å². The molecule has 10 aromatic rings. The second kappa shape index (κ2) is 15.9. The Morgan fingerprint density at radius 3 is 1.40 bits per heavy atom. The summed E-state index contributed by atoms with van der Waals surface area (Å²) in [6, 6.07) is 76.1. The summed E-state index contributed by atoms with van der Waals surface area (Å²) in [5.74, 6) is 1.18. The fourth-order valence-corrected chi connectivity index (χ4v) is 9.16. The van der Waals surface area contributed by atoms with Crippen LogP contribution in [-0.2, 0) is 13.0 Å². The number of nitrogens with zero attached hydrogens (tertiary/aromatic N) is 3. The fraction of sp³-hybridized carbons (Fsp3) is 0.0339. The molecule has 0 atom stereocenters. The van der Waals surface area contributed by atoms with Gasteiger partial charge in [0.15, 0.2) is 11.7 Å². The highest BCUT2D eigenvalue weighted by Gasteiger charge is 2.20. The maximum Gasteiger partial charge on any atom is 0.161 e. The van der Waals surface area contributed by atoms with E-state index in [9.17, 15) is 0 Å². The molecule has 0 aliphatic heterocycles. The highest BCUT2D eigenvalue weighted by Crippen LogP contribution is 2.42. The lowest BCUT2D eigenvalue weighted by molar-refractivity contribution is 1.06. The van der Waals surface area contributed by atoms with Crippen molar-refractivity contribution in [3.8, 4) is 44.5 Å².